The second-order valence-electron chi connectivity index (χ2n) is 8.16. The van der Waals surface area contributed by atoms with E-state index in [4.69, 9.17) is 8.83 Å². The van der Waals surface area contributed by atoms with E-state index in [0.717, 1.165) is 36.1 Å². The number of fused-ring (bicyclic) bond motifs is 1. The number of likely N-dealkylation sites (tertiary alicyclic amines) is 1. The number of hydrogen-bond acceptors (Lipinski definition) is 7. The van der Waals surface area contributed by atoms with Crippen LogP contribution >= 0.6 is 0 Å². The molecule has 5 heterocycles. The molecule has 0 amide bonds. The Balaban J connectivity index is 1.30. The molecule has 8 nitrogen and oxygen atoms in total. The van der Waals surface area contributed by atoms with Gasteiger partial charge in [-0.25, -0.2) is 4.98 Å². The highest BCUT2D eigenvalue weighted by atomic mass is 16.3. The first-order valence-electron chi connectivity index (χ1n) is 11.0. The average Bonchev–Trinajstić information content (AvgIpc) is 3.53. The average molecular weight is 421 g/mol. The molecule has 8 heteroatoms. The Morgan fingerprint density at radius 2 is 2.06 bits per heavy atom. The van der Waals surface area contributed by atoms with Crippen molar-refractivity contribution >= 4 is 11.6 Å². The molecule has 0 aliphatic carbocycles. The van der Waals surface area contributed by atoms with Crippen molar-refractivity contribution in [2.45, 2.75) is 58.7 Å². The van der Waals surface area contributed by atoms with Crippen LogP contribution in [-0.2, 0) is 13.1 Å². The van der Waals surface area contributed by atoms with E-state index in [2.05, 4.69) is 38.3 Å². The van der Waals surface area contributed by atoms with E-state index in [1.54, 1.807) is 10.8 Å². The van der Waals surface area contributed by atoms with Gasteiger partial charge in [-0.3, -0.25) is 4.90 Å². The lowest BCUT2D eigenvalue weighted by atomic mass is 10.00. The van der Waals surface area contributed by atoms with Crippen molar-refractivity contribution in [2.24, 2.45) is 0 Å². The van der Waals surface area contributed by atoms with Crippen molar-refractivity contribution in [3.05, 3.63) is 53.8 Å². The number of rotatable bonds is 7. The Kier molecular flexibility index (Phi) is 5.46. The third-order valence-electron chi connectivity index (χ3n) is 5.92. The van der Waals surface area contributed by atoms with Crippen LogP contribution in [0, 0.1) is 6.92 Å². The molecule has 1 saturated heterocycles. The lowest BCUT2D eigenvalue weighted by Gasteiger charge is -2.34. The molecule has 5 rings (SSSR count). The van der Waals surface area contributed by atoms with E-state index in [1.165, 1.54) is 25.7 Å². The SMILES string of the molecule is CCC1CCCCN1Cc1ccc(CNc2cc(C)nc3nc(-c4ccco4)nn23)o1. The quantitative estimate of drug-likeness (QED) is 0.465. The van der Waals surface area contributed by atoms with Crippen molar-refractivity contribution in [2.75, 3.05) is 11.9 Å². The van der Waals surface area contributed by atoms with Crippen molar-refractivity contribution < 1.29 is 8.83 Å². The highest BCUT2D eigenvalue weighted by molar-refractivity contribution is 5.53. The minimum absolute atomic E-state index is 0.512. The third-order valence-corrected chi connectivity index (χ3v) is 5.92. The summed E-state index contributed by atoms with van der Waals surface area (Å²) in [6.07, 6.45) is 6.72. The Morgan fingerprint density at radius 1 is 1.16 bits per heavy atom. The van der Waals surface area contributed by atoms with Crippen molar-refractivity contribution in [1.29, 1.82) is 0 Å². The molecule has 1 unspecified atom stereocenters. The Morgan fingerprint density at radius 3 is 2.90 bits per heavy atom. The number of hydrogen-bond donors (Lipinski definition) is 1. The van der Waals surface area contributed by atoms with Crippen molar-refractivity contribution in [1.82, 2.24) is 24.5 Å². The number of piperidine rings is 1. The van der Waals surface area contributed by atoms with Crippen LogP contribution in [0.25, 0.3) is 17.4 Å². The summed E-state index contributed by atoms with van der Waals surface area (Å²) in [5, 5.41) is 7.98. The van der Waals surface area contributed by atoms with Crippen molar-refractivity contribution in [3.8, 4) is 11.6 Å². The maximum Gasteiger partial charge on any atom is 0.254 e. The Labute approximate surface area is 181 Å². The first-order valence-corrected chi connectivity index (χ1v) is 11.0. The molecular weight excluding hydrogens is 392 g/mol. The number of aryl methyl sites for hydroxylation is 1. The summed E-state index contributed by atoms with van der Waals surface area (Å²) in [7, 11) is 0. The molecule has 0 bridgehead atoms. The van der Waals surface area contributed by atoms with E-state index in [9.17, 15) is 0 Å². The van der Waals surface area contributed by atoms with Gasteiger partial charge in [0.1, 0.15) is 17.3 Å². The Bertz CT molecular complexity index is 1150. The molecule has 1 aliphatic heterocycles. The van der Waals surface area contributed by atoms with Crippen molar-refractivity contribution in [3.63, 3.8) is 0 Å². The monoisotopic (exact) mass is 420 g/mol. The molecule has 1 aliphatic rings. The maximum atomic E-state index is 6.13. The number of nitrogens with zero attached hydrogens (tertiary/aromatic N) is 5. The number of anilines is 1. The number of furan rings is 2. The number of nitrogens with one attached hydrogen (secondary N) is 1. The minimum Gasteiger partial charge on any atom is -0.463 e. The zero-order valence-corrected chi connectivity index (χ0v) is 18.0. The van der Waals surface area contributed by atoms with E-state index < -0.39 is 0 Å². The highest BCUT2D eigenvalue weighted by Crippen LogP contribution is 2.23. The minimum atomic E-state index is 0.512. The van der Waals surface area contributed by atoms with E-state index in [-0.39, 0.29) is 0 Å². The van der Waals surface area contributed by atoms with Crippen LogP contribution in [0.3, 0.4) is 0 Å². The largest absolute Gasteiger partial charge is 0.463 e. The molecule has 0 saturated carbocycles. The van der Waals surface area contributed by atoms with Gasteiger partial charge in [0.05, 0.1) is 19.4 Å². The first-order chi connectivity index (χ1) is 15.2. The predicted octanol–water partition coefficient (Wildman–Crippen LogP) is 4.66. The van der Waals surface area contributed by atoms with Gasteiger partial charge in [0.25, 0.3) is 5.78 Å². The van der Waals surface area contributed by atoms with Gasteiger partial charge < -0.3 is 14.2 Å². The fraction of sp³-hybridized carbons (Fsp3) is 0.435. The van der Waals surface area contributed by atoms with Crippen LogP contribution in [0.2, 0.25) is 0 Å². The second kappa shape index (κ2) is 8.55. The van der Waals surface area contributed by atoms with Gasteiger partial charge in [0.15, 0.2) is 5.76 Å². The smallest absolute Gasteiger partial charge is 0.254 e. The van der Waals surface area contributed by atoms with Crippen LogP contribution in [0.1, 0.15) is 49.8 Å². The lowest BCUT2D eigenvalue weighted by molar-refractivity contribution is 0.126. The third kappa shape index (κ3) is 4.20. The first kappa shape index (κ1) is 19.8. The molecule has 0 aromatic carbocycles. The normalized spacial score (nSPS) is 17.4. The summed E-state index contributed by atoms with van der Waals surface area (Å²) in [5.41, 5.74) is 0.865. The zero-order valence-electron chi connectivity index (χ0n) is 18.0. The van der Waals surface area contributed by atoms with Gasteiger partial charge in [0, 0.05) is 17.8 Å². The molecule has 4 aromatic rings. The number of aromatic nitrogens is 4. The van der Waals surface area contributed by atoms with Gasteiger partial charge in [0.2, 0.25) is 5.82 Å². The van der Waals surface area contributed by atoms with Crippen LogP contribution in [-0.4, -0.2) is 37.1 Å². The summed E-state index contributed by atoms with van der Waals surface area (Å²) < 4.78 is 13.3. The highest BCUT2D eigenvalue weighted by Gasteiger charge is 2.22. The Hall–Kier alpha value is -3.13. The van der Waals surface area contributed by atoms with Crippen LogP contribution in [0.5, 0.6) is 0 Å². The van der Waals surface area contributed by atoms with E-state index >= 15 is 0 Å². The lowest BCUT2D eigenvalue weighted by Crippen LogP contribution is -2.38. The molecule has 31 heavy (non-hydrogen) atoms. The molecule has 162 valence electrons. The summed E-state index contributed by atoms with van der Waals surface area (Å²) in [5.74, 6) is 4.40. The van der Waals surface area contributed by atoms with Gasteiger partial charge in [-0.1, -0.05) is 13.3 Å². The molecule has 4 aromatic heterocycles. The van der Waals surface area contributed by atoms with Crippen LogP contribution < -0.4 is 5.32 Å². The van der Waals surface area contributed by atoms with Gasteiger partial charge >= 0.3 is 0 Å². The summed E-state index contributed by atoms with van der Waals surface area (Å²) >= 11 is 0. The summed E-state index contributed by atoms with van der Waals surface area (Å²) in [6, 6.07) is 10.4. The van der Waals surface area contributed by atoms with Gasteiger partial charge in [-0.15, -0.1) is 5.10 Å². The van der Waals surface area contributed by atoms with Gasteiger partial charge in [-0.05, 0) is 57.0 Å². The van der Waals surface area contributed by atoms with Crippen LogP contribution in [0.4, 0.5) is 5.82 Å². The van der Waals surface area contributed by atoms with E-state index in [0.29, 0.717) is 29.9 Å². The molecule has 1 N–H and O–H groups in total. The van der Waals surface area contributed by atoms with E-state index in [1.807, 2.05) is 31.2 Å². The molecule has 0 spiro atoms. The van der Waals surface area contributed by atoms with Gasteiger partial charge in [-0.2, -0.15) is 9.50 Å². The standard InChI is InChI=1S/C23H28N6O2/c1-3-17-7-4-5-11-28(17)15-19-10-9-18(31-19)14-24-21-13-16(2)25-23-26-22(27-29(21)23)20-8-6-12-30-20/h6,8-10,12-13,17,24H,3-5,7,11,14-15H2,1-2H3. The fourth-order valence-corrected chi connectivity index (χ4v) is 4.33. The molecule has 1 fully saturated rings. The molecule has 1 atom stereocenters. The zero-order chi connectivity index (χ0) is 21.2. The second-order valence-corrected chi connectivity index (χ2v) is 8.16. The fourth-order valence-electron chi connectivity index (χ4n) is 4.33. The summed E-state index contributed by atoms with van der Waals surface area (Å²) in [4.78, 5) is 11.5. The molecular formula is C23H28N6O2. The topological polar surface area (TPSA) is 84.6 Å². The maximum absolute atomic E-state index is 6.13. The molecule has 0 radical (unpaired) electrons. The summed E-state index contributed by atoms with van der Waals surface area (Å²) in [6.45, 7) is 6.82. The van der Waals surface area contributed by atoms with Crippen LogP contribution in [0.15, 0.2) is 45.4 Å². The predicted molar refractivity (Wildman–Crippen MR) is 118 cm³/mol.